The molecule has 0 radical (unpaired) electrons. The zero-order valence-corrected chi connectivity index (χ0v) is 21.3. The fourth-order valence-corrected chi connectivity index (χ4v) is 3.74. The SMILES string of the molecule is CCNC(=NCc1ccnn1C)NCCCCN1CCN(Cc2ccccc2)CC1.I. The van der Waals surface area contributed by atoms with Gasteiger partial charge in [-0.1, -0.05) is 30.3 Å². The Hall–Kier alpha value is -1.65. The molecule has 2 N–H and O–H groups in total. The molecule has 1 aliphatic rings. The minimum Gasteiger partial charge on any atom is -0.357 e. The summed E-state index contributed by atoms with van der Waals surface area (Å²) in [6, 6.07) is 12.8. The summed E-state index contributed by atoms with van der Waals surface area (Å²) in [5, 5.41) is 11.0. The first kappa shape index (κ1) is 25.6. The molecule has 1 aliphatic heterocycles. The van der Waals surface area contributed by atoms with Gasteiger partial charge in [-0.05, 0) is 37.9 Å². The highest BCUT2D eigenvalue weighted by Crippen LogP contribution is 2.09. The highest BCUT2D eigenvalue weighted by molar-refractivity contribution is 14.0. The van der Waals surface area contributed by atoms with Gasteiger partial charge in [0.15, 0.2) is 5.96 Å². The van der Waals surface area contributed by atoms with Crippen LogP contribution in [0.3, 0.4) is 0 Å². The van der Waals surface area contributed by atoms with Crippen LogP contribution in [-0.4, -0.2) is 71.4 Å². The Morgan fingerprint density at radius 2 is 1.74 bits per heavy atom. The number of piperazine rings is 1. The summed E-state index contributed by atoms with van der Waals surface area (Å²) in [7, 11) is 1.95. The molecular weight excluding hydrogens is 501 g/mol. The summed E-state index contributed by atoms with van der Waals surface area (Å²) >= 11 is 0. The molecule has 0 atom stereocenters. The van der Waals surface area contributed by atoms with Crippen molar-refractivity contribution in [2.24, 2.45) is 12.0 Å². The summed E-state index contributed by atoms with van der Waals surface area (Å²) in [4.78, 5) is 9.83. The molecule has 0 amide bonds. The molecule has 0 aliphatic carbocycles. The Kier molecular flexibility index (Phi) is 11.9. The Balaban J connectivity index is 0.00000341. The van der Waals surface area contributed by atoms with Crippen LogP contribution in [0.15, 0.2) is 47.6 Å². The summed E-state index contributed by atoms with van der Waals surface area (Å²) in [6.45, 7) is 11.5. The van der Waals surface area contributed by atoms with Gasteiger partial charge in [0.05, 0.1) is 12.2 Å². The first-order valence-corrected chi connectivity index (χ1v) is 11.2. The number of rotatable bonds is 10. The lowest BCUT2D eigenvalue weighted by Gasteiger charge is -2.34. The third-order valence-corrected chi connectivity index (χ3v) is 5.57. The quantitative estimate of drug-likeness (QED) is 0.211. The molecule has 1 saturated heterocycles. The van der Waals surface area contributed by atoms with Crippen LogP contribution in [0.1, 0.15) is 31.0 Å². The number of nitrogens with zero attached hydrogens (tertiary/aromatic N) is 5. The highest BCUT2D eigenvalue weighted by Gasteiger charge is 2.16. The number of nitrogens with one attached hydrogen (secondary N) is 2. The largest absolute Gasteiger partial charge is 0.357 e. The molecule has 0 saturated carbocycles. The normalized spacial score (nSPS) is 15.5. The Morgan fingerprint density at radius 1 is 1.00 bits per heavy atom. The summed E-state index contributed by atoms with van der Waals surface area (Å²) in [6.07, 6.45) is 4.18. The van der Waals surface area contributed by atoms with Crippen molar-refractivity contribution in [2.45, 2.75) is 32.9 Å². The van der Waals surface area contributed by atoms with Gasteiger partial charge in [-0.2, -0.15) is 5.10 Å². The first-order chi connectivity index (χ1) is 14.7. The molecule has 7 nitrogen and oxygen atoms in total. The minimum absolute atomic E-state index is 0. The van der Waals surface area contributed by atoms with E-state index in [0.29, 0.717) is 6.54 Å². The van der Waals surface area contributed by atoms with Crippen LogP contribution in [0.2, 0.25) is 0 Å². The van der Waals surface area contributed by atoms with Gasteiger partial charge < -0.3 is 15.5 Å². The molecular formula is C23H38IN7. The van der Waals surface area contributed by atoms with Gasteiger partial charge in [-0.25, -0.2) is 4.99 Å². The van der Waals surface area contributed by atoms with E-state index in [9.17, 15) is 0 Å². The minimum atomic E-state index is 0. The van der Waals surface area contributed by atoms with Crippen molar-refractivity contribution in [1.29, 1.82) is 0 Å². The Bertz CT molecular complexity index is 754. The second-order valence-corrected chi connectivity index (χ2v) is 7.88. The van der Waals surface area contributed by atoms with Gasteiger partial charge >= 0.3 is 0 Å². The fourth-order valence-electron chi connectivity index (χ4n) is 3.74. The van der Waals surface area contributed by atoms with E-state index < -0.39 is 0 Å². The van der Waals surface area contributed by atoms with Crippen molar-refractivity contribution in [3.8, 4) is 0 Å². The number of guanidine groups is 1. The molecule has 3 rings (SSSR count). The van der Waals surface area contributed by atoms with Crippen molar-refractivity contribution in [1.82, 2.24) is 30.2 Å². The van der Waals surface area contributed by atoms with Gasteiger partial charge in [0.25, 0.3) is 0 Å². The van der Waals surface area contributed by atoms with Crippen molar-refractivity contribution in [2.75, 3.05) is 45.8 Å². The number of aryl methyl sites for hydroxylation is 1. The van der Waals surface area contributed by atoms with Crippen LogP contribution < -0.4 is 10.6 Å². The van der Waals surface area contributed by atoms with E-state index in [4.69, 9.17) is 0 Å². The Labute approximate surface area is 204 Å². The molecule has 1 aromatic heterocycles. The molecule has 1 aromatic carbocycles. The molecule has 31 heavy (non-hydrogen) atoms. The summed E-state index contributed by atoms with van der Waals surface area (Å²) in [5.74, 6) is 0.883. The van der Waals surface area contributed by atoms with E-state index in [2.05, 4.69) is 67.8 Å². The maximum absolute atomic E-state index is 4.66. The standard InChI is InChI=1S/C23H37N7.HI/c1-3-24-23(26-19-22-11-13-27-28(22)2)25-12-7-8-14-29-15-17-30(18-16-29)20-21-9-5-4-6-10-21;/h4-6,9-11,13H,3,7-8,12,14-20H2,1-2H3,(H2,24,25,26);1H. The van der Waals surface area contributed by atoms with E-state index in [-0.39, 0.29) is 24.0 Å². The Morgan fingerprint density at radius 3 is 2.42 bits per heavy atom. The van der Waals surface area contributed by atoms with Gasteiger partial charge in [0.2, 0.25) is 0 Å². The van der Waals surface area contributed by atoms with Gasteiger partial charge in [-0.3, -0.25) is 9.58 Å². The average molecular weight is 540 g/mol. The van der Waals surface area contributed by atoms with Crippen LogP contribution in [0.4, 0.5) is 0 Å². The molecule has 2 aromatic rings. The number of aromatic nitrogens is 2. The molecule has 8 heteroatoms. The third-order valence-electron chi connectivity index (χ3n) is 5.57. The van der Waals surface area contributed by atoms with Crippen LogP contribution in [0.25, 0.3) is 0 Å². The van der Waals surface area contributed by atoms with Crippen LogP contribution in [-0.2, 0) is 20.1 Å². The maximum atomic E-state index is 4.66. The number of benzene rings is 1. The predicted octanol–water partition coefficient (Wildman–Crippen LogP) is 2.69. The topological polar surface area (TPSA) is 60.7 Å². The van der Waals surface area contributed by atoms with Crippen LogP contribution in [0.5, 0.6) is 0 Å². The smallest absolute Gasteiger partial charge is 0.191 e. The highest BCUT2D eigenvalue weighted by atomic mass is 127. The van der Waals surface area contributed by atoms with Crippen molar-refractivity contribution >= 4 is 29.9 Å². The van der Waals surface area contributed by atoms with E-state index in [1.807, 2.05) is 24.0 Å². The van der Waals surface area contributed by atoms with Crippen molar-refractivity contribution in [3.05, 3.63) is 53.9 Å². The lowest BCUT2D eigenvalue weighted by molar-refractivity contribution is 0.126. The number of aliphatic imine (C=N–C) groups is 1. The average Bonchev–Trinajstić information content (AvgIpc) is 3.18. The fraction of sp³-hybridized carbons (Fsp3) is 0.565. The molecule has 172 valence electrons. The second kappa shape index (κ2) is 14.4. The maximum Gasteiger partial charge on any atom is 0.191 e. The monoisotopic (exact) mass is 539 g/mol. The van der Waals surface area contributed by atoms with E-state index >= 15 is 0 Å². The number of halogens is 1. The van der Waals surface area contributed by atoms with Crippen molar-refractivity contribution in [3.63, 3.8) is 0 Å². The molecule has 1 fully saturated rings. The first-order valence-electron chi connectivity index (χ1n) is 11.2. The van der Waals surface area contributed by atoms with E-state index in [1.165, 1.54) is 44.7 Å². The van der Waals surface area contributed by atoms with Gasteiger partial charge in [0, 0.05) is 59.1 Å². The summed E-state index contributed by atoms with van der Waals surface area (Å²) in [5.41, 5.74) is 2.53. The molecule has 0 unspecified atom stereocenters. The lowest BCUT2D eigenvalue weighted by atomic mass is 10.2. The lowest BCUT2D eigenvalue weighted by Crippen LogP contribution is -2.46. The number of unbranched alkanes of at least 4 members (excludes halogenated alkanes) is 1. The van der Waals surface area contributed by atoms with Crippen LogP contribution >= 0.6 is 24.0 Å². The van der Waals surface area contributed by atoms with Crippen LogP contribution in [0, 0.1) is 0 Å². The number of hydrogen-bond donors (Lipinski definition) is 2. The molecule has 0 bridgehead atoms. The summed E-state index contributed by atoms with van der Waals surface area (Å²) < 4.78 is 1.87. The number of hydrogen-bond acceptors (Lipinski definition) is 4. The van der Waals surface area contributed by atoms with Gasteiger partial charge in [0.1, 0.15) is 0 Å². The van der Waals surface area contributed by atoms with Gasteiger partial charge in [-0.15, -0.1) is 24.0 Å². The van der Waals surface area contributed by atoms with E-state index in [1.54, 1.807) is 0 Å². The molecule has 2 heterocycles. The predicted molar refractivity (Wildman–Crippen MR) is 139 cm³/mol. The van der Waals surface area contributed by atoms with Crippen molar-refractivity contribution < 1.29 is 0 Å². The zero-order chi connectivity index (χ0) is 21.0. The third kappa shape index (κ3) is 9.16. The van der Waals surface area contributed by atoms with E-state index in [0.717, 1.165) is 37.7 Å². The molecule has 0 spiro atoms. The zero-order valence-electron chi connectivity index (χ0n) is 19.0. The second-order valence-electron chi connectivity index (χ2n) is 7.88.